The van der Waals surface area contributed by atoms with E-state index in [4.69, 9.17) is 23.7 Å². The minimum atomic E-state index is -0.852. The zero-order valence-electron chi connectivity index (χ0n) is 16.5. The number of esters is 1. The molecule has 152 valence electrons. The van der Waals surface area contributed by atoms with Crippen LogP contribution in [0, 0.1) is 5.41 Å². The summed E-state index contributed by atoms with van der Waals surface area (Å²) < 4.78 is 27.2. The molecule has 0 aromatic heterocycles. The SMILES string of the molecule is C=CCOC(=O)CC(=O)C1=CCC[C@]2(C)[C@@H](OCOC)CC[C@]12OCOC. The highest BCUT2D eigenvalue weighted by atomic mass is 16.7. The third-order valence-corrected chi connectivity index (χ3v) is 5.62. The maximum atomic E-state index is 13.0. The van der Waals surface area contributed by atoms with Crippen LogP contribution in [-0.2, 0) is 33.3 Å². The second-order valence-electron chi connectivity index (χ2n) is 7.12. The van der Waals surface area contributed by atoms with Gasteiger partial charge in [0.1, 0.15) is 32.2 Å². The molecule has 0 unspecified atom stereocenters. The standard InChI is InChI=1S/C20H30O7/c1-5-11-25-18(22)12-16(21)15-7-6-9-19(2)17(26-13-23-3)8-10-20(15,19)27-14-24-4/h5,7,17H,1,6,8-14H2,2-4H3/t17-,19+,20-/m0/s1. The number of allylic oxidation sites excluding steroid dienone is 1. The van der Waals surface area contributed by atoms with Gasteiger partial charge in [-0.2, -0.15) is 0 Å². The van der Waals surface area contributed by atoms with Gasteiger partial charge < -0.3 is 23.7 Å². The van der Waals surface area contributed by atoms with Gasteiger partial charge in [0.15, 0.2) is 5.78 Å². The molecule has 7 heteroatoms. The number of ether oxygens (including phenoxy) is 5. The Labute approximate surface area is 160 Å². The van der Waals surface area contributed by atoms with E-state index in [1.165, 1.54) is 6.08 Å². The monoisotopic (exact) mass is 382 g/mol. The molecule has 0 aromatic carbocycles. The van der Waals surface area contributed by atoms with Crippen LogP contribution in [0.3, 0.4) is 0 Å². The van der Waals surface area contributed by atoms with Crippen molar-refractivity contribution in [1.82, 2.24) is 0 Å². The molecule has 27 heavy (non-hydrogen) atoms. The summed E-state index contributed by atoms with van der Waals surface area (Å²) in [7, 11) is 3.12. The zero-order chi connectivity index (χ0) is 19.9. The molecule has 0 bridgehead atoms. The number of hydrogen-bond acceptors (Lipinski definition) is 7. The van der Waals surface area contributed by atoms with Crippen LogP contribution in [0.2, 0.25) is 0 Å². The third kappa shape index (κ3) is 4.32. The van der Waals surface area contributed by atoms with Gasteiger partial charge in [-0.15, -0.1) is 0 Å². The van der Waals surface area contributed by atoms with Gasteiger partial charge in [-0.3, -0.25) is 9.59 Å². The van der Waals surface area contributed by atoms with Crippen LogP contribution in [-0.4, -0.2) is 57.9 Å². The lowest BCUT2D eigenvalue weighted by atomic mass is 9.63. The van der Waals surface area contributed by atoms with Crippen molar-refractivity contribution in [2.24, 2.45) is 5.41 Å². The number of carbonyl (C=O) groups excluding carboxylic acids is 2. The summed E-state index contributed by atoms with van der Waals surface area (Å²) >= 11 is 0. The van der Waals surface area contributed by atoms with E-state index in [9.17, 15) is 9.59 Å². The molecule has 2 aliphatic rings. The molecule has 2 rings (SSSR count). The first kappa shape index (κ1) is 21.8. The average Bonchev–Trinajstić information content (AvgIpc) is 2.95. The normalized spacial score (nSPS) is 29.7. The van der Waals surface area contributed by atoms with Crippen LogP contribution in [0.1, 0.15) is 39.0 Å². The first-order valence-corrected chi connectivity index (χ1v) is 9.19. The highest BCUT2D eigenvalue weighted by Crippen LogP contribution is 2.58. The first-order chi connectivity index (χ1) is 12.9. The van der Waals surface area contributed by atoms with Gasteiger partial charge in [0.05, 0.1) is 6.10 Å². The fourth-order valence-corrected chi connectivity index (χ4v) is 4.34. The summed E-state index contributed by atoms with van der Waals surface area (Å²) in [4.78, 5) is 24.9. The summed E-state index contributed by atoms with van der Waals surface area (Å²) in [5.74, 6) is -0.848. The number of carbonyl (C=O) groups is 2. The molecule has 0 radical (unpaired) electrons. The fraction of sp³-hybridized carbons (Fsp3) is 0.700. The number of methoxy groups -OCH3 is 2. The summed E-state index contributed by atoms with van der Waals surface area (Å²) in [5.41, 5.74) is -0.753. The molecule has 0 amide bonds. The minimum Gasteiger partial charge on any atom is -0.461 e. The van der Waals surface area contributed by atoms with E-state index in [2.05, 4.69) is 13.5 Å². The van der Waals surface area contributed by atoms with Gasteiger partial charge in [0.2, 0.25) is 0 Å². The predicted molar refractivity (Wildman–Crippen MR) is 97.9 cm³/mol. The smallest absolute Gasteiger partial charge is 0.313 e. The van der Waals surface area contributed by atoms with Crippen molar-refractivity contribution in [2.75, 3.05) is 34.4 Å². The Morgan fingerprint density at radius 1 is 1.26 bits per heavy atom. The van der Waals surface area contributed by atoms with Crippen LogP contribution in [0.4, 0.5) is 0 Å². The largest absolute Gasteiger partial charge is 0.461 e. The van der Waals surface area contributed by atoms with E-state index in [0.717, 1.165) is 12.8 Å². The Balaban J connectivity index is 2.28. The number of Topliss-reactive ketones (excluding diaryl/α,β-unsaturated/α-hetero) is 1. The van der Waals surface area contributed by atoms with Crippen molar-refractivity contribution in [3.8, 4) is 0 Å². The minimum absolute atomic E-state index is 0.0537. The van der Waals surface area contributed by atoms with Crippen LogP contribution in [0.15, 0.2) is 24.3 Å². The Bertz CT molecular complexity index is 585. The van der Waals surface area contributed by atoms with Gasteiger partial charge in [0.25, 0.3) is 0 Å². The van der Waals surface area contributed by atoms with E-state index in [1.54, 1.807) is 14.2 Å². The molecular weight excluding hydrogens is 352 g/mol. The van der Waals surface area contributed by atoms with Crippen molar-refractivity contribution in [2.45, 2.75) is 50.7 Å². The molecule has 1 saturated carbocycles. The topological polar surface area (TPSA) is 80.3 Å². The van der Waals surface area contributed by atoms with Crippen LogP contribution in [0.5, 0.6) is 0 Å². The maximum Gasteiger partial charge on any atom is 0.313 e. The van der Waals surface area contributed by atoms with Gasteiger partial charge in [-0.05, 0) is 25.7 Å². The molecule has 0 aliphatic heterocycles. The molecule has 3 atom stereocenters. The number of fused-ring (bicyclic) bond motifs is 1. The molecule has 7 nitrogen and oxygen atoms in total. The fourth-order valence-electron chi connectivity index (χ4n) is 4.34. The summed E-state index contributed by atoms with van der Waals surface area (Å²) in [6.45, 7) is 5.90. The lowest BCUT2D eigenvalue weighted by molar-refractivity contribution is -0.191. The molecule has 0 spiro atoms. The molecule has 0 heterocycles. The molecule has 0 aromatic rings. The molecule has 0 saturated heterocycles. The lowest BCUT2D eigenvalue weighted by Crippen LogP contribution is -2.54. The lowest BCUT2D eigenvalue weighted by Gasteiger charge is -2.49. The number of rotatable bonds is 11. The third-order valence-electron chi connectivity index (χ3n) is 5.62. The zero-order valence-corrected chi connectivity index (χ0v) is 16.5. The molecule has 0 N–H and O–H groups in total. The maximum absolute atomic E-state index is 13.0. The van der Waals surface area contributed by atoms with E-state index < -0.39 is 17.0 Å². The summed E-state index contributed by atoms with van der Waals surface area (Å²) in [6.07, 6.45) is 5.79. The van der Waals surface area contributed by atoms with Gasteiger partial charge in [-0.25, -0.2) is 0 Å². The van der Waals surface area contributed by atoms with Crippen molar-refractivity contribution >= 4 is 11.8 Å². The van der Waals surface area contributed by atoms with Crippen LogP contribution >= 0.6 is 0 Å². The summed E-state index contributed by atoms with van der Waals surface area (Å²) in [6, 6.07) is 0. The van der Waals surface area contributed by atoms with E-state index >= 15 is 0 Å². The van der Waals surface area contributed by atoms with Gasteiger partial charge in [-0.1, -0.05) is 25.7 Å². The second-order valence-corrected chi connectivity index (χ2v) is 7.12. The Kier molecular flexibility index (Phi) is 7.73. The van der Waals surface area contributed by atoms with Gasteiger partial charge >= 0.3 is 5.97 Å². The molecular formula is C20H30O7. The first-order valence-electron chi connectivity index (χ1n) is 9.19. The Hall–Kier alpha value is -1.54. The van der Waals surface area contributed by atoms with Crippen LogP contribution in [0.25, 0.3) is 0 Å². The number of ketones is 1. The van der Waals surface area contributed by atoms with Gasteiger partial charge in [0, 0.05) is 25.2 Å². The van der Waals surface area contributed by atoms with Crippen molar-refractivity contribution in [3.63, 3.8) is 0 Å². The average molecular weight is 382 g/mol. The molecule has 1 fully saturated rings. The molecule has 2 aliphatic carbocycles. The quantitative estimate of drug-likeness (QED) is 0.235. The van der Waals surface area contributed by atoms with Crippen molar-refractivity contribution in [3.05, 3.63) is 24.3 Å². The Morgan fingerprint density at radius 2 is 2.00 bits per heavy atom. The predicted octanol–water partition coefficient (Wildman–Crippen LogP) is 2.54. The highest BCUT2D eigenvalue weighted by Gasteiger charge is 2.62. The Morgan fingerprint density at radius 3 is 2.67 bits per heavy atom. The highest BCUT2D eigenvalue weighted by molar-refractivity contribution is 6.07. The second kappa shape index (κ2) is 9.59. The van der Waals surface area contributed by atoms with E-state index in [-0.39, 0.29) is 38.5 Å². The van der Waals surface area contributed by atoms with E-state index in [0.29, 0.717) is 18.4 Å². The van der Waals surface area contributed by atoms with E-state index in [1.807, 2.05) is 6.08 Å². The van der Waals surface area contributed by atoms with Crippen molar-refractivity contribution in [1.29, 1.82) is 0 Å². The number of hydrogen-bond donors (Lipinski definition) is 0. The van der Waals surface area contributed by atoms with Crippen LogP contribution < -0.4 is 0 Å². The van der Waals surface area contributed by atoms with Crippen molar-refractivity contribution < 1.29 is 33.3 Å². The summed E-state index contributed by atoms with van der Waals surface area (Å²) in [5, 5.41) is 0.